The molecule has 3 unspecified atom stereocenters. The fourth-order valence-electron chi connectivity index (χ4n) is 8.24. The van der Waals surface area contributed by atoms with Gasteiger partial charge in [-0.25, -0.2) is 0 Å². The number of rotatable bonds is 10. The van der Waals surface area contributed by atoms with Crippen molar-refractivity contribution in [2.24, 2.45) is 22.7 Å². The fraction of sp³-hybridized carbons (Fsp3) is 0.875. The average Bonchev–Trinajstić information content (AvgIpc) is 3.08. The molecule has 0 bridgehead atoms. The largest absolute Gasteiger partial charge is 0.393 e. The predicted octanol–water partition coefficient (Wildman–Crippen LogP) is 6.85. The molecule has 36 heavy (non-hydrogen) atoms. The molecule has 3 rings (SSSR count). The molecule has 0 spiro atoms. The van der Waals surface area contributed by atoms with Crippen LogP contribution in [0.3, 0.4) is 0 Å². The Morgan fingerprint density at radius 3 is 1.92 bits per heavy atom. The quantitative estimate of drug-likeness (QED) is 0.262. The van der Waals surface area contributed by atoms with Gasteiger partial charge in [0, 0.05) is 0 Å². The van der Waals surface area contributed by atoms with Crippen LogP contribution in [0.5, 0.6) is 0 Å². The smallest absolute Gasteiger partial charge is 0.0602 e. The van der Waals surface area contributed by atoms with Crippen molar-refractivity contribution in [3.8, 4) is 0 Å². The molecule has 3 aliphatic carbocycles. The Hall–Kier alpha value is -0.680. The lowest BCUT2D eigenvalue weighted by Crippen LogP contribution is -2.41. The standard InChI is InChI=1S/C32H56O4/c1-29(2,35)15-8-17-31(5,18-9-16-30(3,4)36)28-14-13-27-24(10-7-19-32(27,28)6)12-11-23-20-25(33)22-26(34)21-23/h11-12,25-28,33-36H,7-10,13-22H2,1-6H3/b23-11?,24-12+/t25-,26?,27?,28?,32+/m1/s1. The SMILES string of the molecule is CC(C)(O)CCCC(C)(CCCC(C)(C)O)C1CCC2/C(=C/C=C3CC(O)C[C@H](O)C3)CCC[C@@]21C. The first-order chi connectivity index (χ1) is 16.6. The van der Waals surface area contributed by atoms with Crippen LogP contribution < -0.4 is 0 Å². The van der Waals surface area contributed by atoms with Gasteiger partial charge >= 0.3 is 0 Å². The van der Waals surface area contributed by atoms with Crippen molar-refractivity contribution in [1.29, 1.82) is 0 Å². The van der Waals surface area contributed by atoms with Crippen LogP contribution in [0, 0.1) is 22.7 Å². The summed E-state index contributed by atoms with van der Waals surface area (Å²) in [5, 5.41) is 40.9. The highest BCUT2D eigenvalue weighted by Crippen LogP contribution is 2.64. The minimum absolute atomic E-state index is 0.207. The van der Waals surface area contributed by atoms with Crippen molar-refractivity contribution in [2.45, 2.75) is 155 Å². The molecule has 3 aliphatic rings. The Labute approximate surface area is 221 Å². The van der Waals surface area contributed by atoms with E-state index in [1.165, 1.54) is 31.3 Å². The van der Waals surface area contributed by atoms with E-state index in [-0.39, 0.29) is 10.8 Å². The van der Waals surface area contributed by atoms with Gasteiger partial charge in [0.05, 0.1) is 23.4 Å². The Bertz CT molecular complexity index is 751. The van der Waals surface area contributed by atoms with E-state index in [0.717, 1.165) is 44.9 Å². The summed E-state index contributed by atoms with van der Waals surface area (Å²) in [6.45, 7) is 12.7. The van der Waals surface area contributed by atoms with Gasteiger partial charge in [0.1, 0.15) is 0 Å². The van der Waals surface area contributed by atoms with Crippen molar-refractivity contribution >= 4 is 0 Å². The van der Waals surface area contributed by atoms with Gasteiger partial charge in [-0.1, -0.05) is 50.0 Å². The molecular formula is C32H56O4. The van der Waals surface area contributed by atoms with Crippen molar-refractivity contribution in [1.82, 2.24) is 0 Å². The topological polar surface area (TPSA) is 80.9 Å². The van der Waals surface area contributed by atoms with Gasteiger partial charge in [0.2, 0.25) is 0 Å². The number of hydrogen-bond acceptors (Lipinski definition) is 4. The van der Waals surface area contributed by atoms with Crippen LogP contribution in [-0.2, 0) is 0 Å². The third kappa shape index (κ3) is 7.91. The molecule has 208 valence electrons. The molecule has 5 atom stereocenters. The maximum Gasteiger partial charge on any atom is 0.0602 e. The summed E-state index contributed by atoms with van der Waals surface area (Å²) >= 11 is 0. The molecule has 0 saturated heterocycles. The van der Waals surface area contributed by atoms with Gasteiger partial charge in [-0.2, -0.15) is 0 Å². The maximum atomic E-state index is 10.4. The molecule has 0 aromatic carbocycles. The summed E-state index contributed by atoms with van der Waals surface area (Å²) < 4.78 is 0. The van der Waals surface area contributed by atoms with Gasteiger partial charge in [-0.3, -0.25) is 0 Å². The number of aliphatic hydroxyl groups excluding tert-OH is 2. The summed E-state index contributed by atoms with van der Waals surface area (Å²) in [5.41, 5.74) is 2.00. The van der Waals surface area contributed by atoms with Gasteiger partial charge < -0.3 is 20.4 Å². The van der Waals surface area contributed by atoms with Crippen LogP contribution >= 0.6 is 0 Å². The molecule has 0 amide bonds. The van der Waals surface area contributed by atoms with Crippen LogP contribution in [0.4, 0.5) is 0 Å². The Balaban J connectivity index is 1.79. The maximum absolute atomic E-state index is 10.4. The minimum Gasteiger partial charge on any atom is -0.393 e. The monoisotopic (exact) mass is 504 g/mol. The van der Waals surface area contributed by atoms with E-state index in [4.69, 9.17) is 0 Å². The molecule has 0 aromatic heterocycles. The number of fused-ring (bicyclic) bond motifs is 1. The first-order valence-electron chi connectivity index (χ1n) is 14.8. The highest BCUT2D eigenvalue weighted by molar-refractivity contribution is 5.26. The molecule has 3 fully saturated rings. The third-order valence-electron chi connectivity index (χ3n) is 9.95. The average molecular weight is 505 g/mol. The summed E-state index contributed by atoms with van der Waals surface area (Å²) in [4.78, 5) is 0. The van der Waals surface area contributed by atoms with Crippen molar-refractivity contribution in [3.63, 3.8) is 0 Å². The van der Waals surface area contributed by atoms with Crippen LogP contribution in [0.1, 0.15) is 131 Å². The summed E-state index contributed by atoms with van der Waals surface area (Å²) in [6.07, 6.45) is 17.8. The van der Waals surface area contributed by atoms with Crippen molar-refractivity contribution in [2.75, 3.05) is 0 Å². The van der Waals surface area contributed by atoms with Crippen LogP contribution in [-0.4, -0.2) is 43.8 Å². The second-order valence-corrected chi connectivity index (χ2v) is 14.5. The van der Waals surface area contributed by atoms with E-state index in [2.05, 4.69) is 26.0 Å². The van der Waals surface area contributed by atoms with Crippen LogP contribution in [0.15, 0.2) is 23.3 Å². The lowest BCUT2D eigenvalue weighted by Gasteiger charge is -2.50. The highest BCUT2D eigenvalue weighted by Gasteiger charge is 2.54. The molecule has 0 radical (unpaired) electrons. The zero-order chi connectivity index (χ0) is 26.8. The molecule has 4 heteroatoms. The number of aliphatic hydroxyl groups is 4. The summed E-state index contributed by atoms with van der Waals surface area (Å²) in [5.74, 6) is 1.25. The van der Waals surface area contributed by atoms with Crippen molar-refractivity contribution in [3.05, 3.63) is 23.3 Å². The second-order valence-electron chi connectivity index (χ2n) is 14.5. The van der Waals surface area contributed by atoms with E-state index in [9.17, 15) is 20.4 Å². The normalized spacial score (nSPS) is 34.4. The van der Waals surface area contributed by atoms with Gasteiger partial charge in [0.15, 0.2) is 0 Å². The van der Waals surface area contributed by atoms with E-state index < -0.39 is 23.4 Å². The summed E-state index contributed by atoms with van der Waals surface area (Å²) in [6, 6.07) is 0. The third-order valence-corrected chi connectivity index (χ3v) is 9.95. The first kappa shape index (κ1) is 29.9. The van der Waals surface area contributed by atoms with Crippen LogP contribution in [0.2, 0.25) is 0 Å². The lowest BCUT2D eigenvalue weighted by molar-refractivity contribution is 0.00527. The van der Waals surface area contributed by atoms with Crippen LogP contribution in [0.25, 0.3) is 0 Å². The zero-order valence-electron chi connectivity index (χ0n) is 24.2. The predicted molar refractivity (Wildman–Crippen MR) is 149 cm³/mol. The Morgan fingerprint density at radius 2 is 1.39 bits per heavy atom. The molecule has 0 heterocycles. The number of allylic oxidation sites excluding steroid dienone is 3. The number of hydrogen-bond donors (Lipinski definition) is 4. The molecule has 4 N–H and O–H groups in total. The van der Waals surface area contributed by atoms with Crippen molar-refractivity contribution < 1.29 is 20.4 Å². The highest BCUT2D eigenvalue weighted by atomic mass is 16.3. The van der Waals surface area contributed by atoms with Gasteiger partial charge in [-0.05, 0) is 127 Å². The molecule has 0 aromatic rings. The zero-order valence-corrected chi connectivity index (χ0v) is 24.2. The van der Waals surface area contributed by atoms with E-state index >= 15 is 0 Å². The first-order valence-corrected chi connectivity index (χ1v) is 14.8. The molecule has 3 saturated carbocycles. The Morgan fingerprint density at radius 1 is 0.833 bits per heavy atom. The summed E-state index contributed by atoms with van der Waals surface area (Å²) in [7, 11) is 0. The van der Waals surface area contributed by atoms with Gasteiger partial charge in [0.25, 0.3) is 0 Å². The molecular weight excluding hydrogens is 448 g/mol. The Kier molecular flexibility index (Phi) is 9.62. The van der Waals surface area contributed by atoms with Gasteiger partial charge in [-0.15, -0.1) is 0 Å². The fourth-order valence-corrected chi connectivity index (χ4v) is 8.24. The molecule has 0 aliphatic heterocycles. The molecule has 4 nitrogen and oxygen atoms in total. The van der Waals surface area contributed by atoms with E-state index in [1.807, 2.05) is 27.7 Å². The second kappa shape index (κ2) is 11.6. The lowest BCUT2D eigenvalue weighted by atomic mass is 9.55. The van der Waals surface area contributed by atoms with E-state index in [1.54, 1.807) is 5.57 Å². The minimum atomic E-state index is -0.620. The van der Waals surface area contributed by atoms with E-state index in [0.29, 0.717) is 31.1 Å².